The molecule has 1 aromatic carbocycles. The van der Waals surface area contributed by atoms with Gasteiger partial charge in [-0.3, -0.25) is 19.4 Å². The minimum Gasteiger partial charge on any atom is -0.508 e. The molecule has 0 fully saturated rings. The first kappa shape index (κ1) is 30.2. The zero-order valence-electron chi connectivity index (χ0n) is 20.6. The summed E-state index contributed by atoms with van der Waals surface area (Å²) in [5, 5.41) is 26.1. The van der Waals surface area contributed by atoms with E-state index in [1.807, 2.05) is 0 Å². The molecule has 0 radical (unpaired) electrons. The maximum atomic E-state index is 12.8. The van der Waals surface area contributed by atoms with E-state index < -0.39 is 48.4 Å². The number of phenols is 1. The van der Waals surface area contributed by atoms with Crippen LogP contribution in [0.2, 0.25) is 0 Å². The highest BCUT2D eigenvalue weighted by Gasteiger charge is 2.27. The Morgan fingerprint density at radius 2 is 1.69 bits per heavy atom. The highest BCUT2D eigenvalue weighted by Crippen LogP contribution is 2.11. The third-order valence-electron chi connectivity index (χ3n) is 5.53. The predicted molar refractivity (Wildman–Crippen MR) is 134 cm³/mol. The number of benzene rings is 1. The van der Waals surface area contributed by atoms with E-state index in [0.717, 1.165) is 5.56 Å². The monoisotopic (exact) mass is 507 g/mol. The smallest absolute Gasteiger partial charge is 0.326 e. The molecule has 0 saturated heterocycles. The number of aromatic hydroxyl groups is 1. The summed E-state index contributed by atoms with van der Waals surface area (Å²) in [6.07, 6.45) is 1.22. The molecule has 0 heterocycles. The lowest BCUT2D eigenvalue weighted by molar-refractivity contribution is -0.143. The van der Waals surface area contributed by atoms with E-state index in [4.69, 9.17) is 17.2 Å². The molecule has 0 aliphatic carbocycles. The van der Waals surface area contributed by atoms with Gasteiger partial charge in [0.1, 0.15) is 17.8 Å². The van der Waals surface area contributed by atoms with Gasteiger partial charge in [0, 0.05) is 6.54 Å². The van der Waals surface area contributed by atoms with Gasteiger partial charge in [0.25, 0.3) is 0 Å². The van der Waals surface area contributed by atoms with Gasteiger partial charge in [-0.05, 0) is 42.9 Å². The first-order chi connectivity index (χ1) is 16.9. The largest absolute Gasteiger partial charge is 0.508 e. The van der Waals surface area contributed by atoms with Gasteiger partial charge in [-0.25, -0.2) is 4.79 Å². The van der Waals surface area contributed by atoms with Crippen LogP contribution in [0.5, 0.6) is 5.75 Å². The SMILES string of the molecule is CCC(C)C(NC(=O)CNC(=O)C(CCCN=C(N)N)NC(=O)C(N)Cc1ccc(O)cc1)C(=O)O. The third-order valence-corrected chi connectivity index (χ3v) is 5.53. The average Bonchev–Trinajstić information content (AvgIpc) is 2.83. The van der Waals surface area contributed by atoms with Gasteiger partial charge >= 0.3 is 5.97 Å². The molecule has 200 valence electrons. The molecule has 0 saturated carbocycles. The number of nitrogens with one attached hydrogen (secondary N) is 3. The van der Waals surface area contributed by atoms with Gasteiger partial charge in [-0.1, -0.05) is 32.4 Å². The summed E-state index contributed by atoms with van der Waals surface area (Å²) in [7, 11) is 0. The van der Waals surface area contributed by atoms with Crippen LogP contribution >= 0.6 is 0 Å². The van der Waals surface area contributed by atoms with Crippen molar-refractivity contribution >= 4 is 29.7 Å². The molecule has 13 nitrogen and oxygen atoms in total. The van der Waals surface area contributed by atoms with E-state index in [-0.39, 0.29) is 37.0 Å². The molecule has 0 bridgehead atoms. The van der Waals surface area contributed by atoms with Crippen molar-refractivity contribution in [3.63, 3.8) is 0 Å². The maximum absolute atomic E-state index is 12.8. The Bertz CT molecular complexity index is 918. The number of carboxylic acid groups (broad SMARTS) is 1. The topological polar surface area (TPSA) is 235 Å². The third kappa shape index (κ3) is 11.0. The molecule has 1 rings (SSSR count). The molecule has 0 aliphatic heterocycles. The van der Waals surface area contributed by atoms with Gasteiger partial charge in [0.2, 0.25) is 17.7 Å². The van der Waals surface area contributed by atoms with Crippen LogP contribution in [-0.2, 0) is 25.6 Å². The number of phenolic OH excluding ortho intramolecular Hbond substituents is 1. The Kier molecular flexibility index (Phi) is 12.7. The van der Waals surface area contributed by atoms with E-state index in [1.165, 1.54) is 12.1 Å². The summed E-state index contributed by atoms with van der Waals surface area (Å²) < 4.78 is 0. The zero-order valence-corrected chi connectivity index (χ0v) is 20.6. The summed E-state index contributed by atoms with van der Waals surface area (Å²) in [5.74, 6) is -3.41. The maximum Gasteiger partial charge on any atom is 0.326 e. The number of hydrogen-bond donors (Lipinski definition) is 8. The lowest BCUT2D eigenvalue weighted by atomic mass is 9.99. The van der Waals surface area contributed by atoms with Crippen LogP contribution < -0.4 is 33.2 Å². The Hall–Kier alpha value is -3.87. The van der Waals surface area contributed by atoms with Crippen molar-refractivity contribution in [1.29, 1.82) is 0 Å². The number of rotatable bonds is 15. The number of aliphatic carboxylic acids is 1. The normalized spacial score (nSPS) is 14.0. The van der Waals surface area contributed by atoms with Crippen LogP contribution in [0.3, 0.4) is 0 Å². The Morgan fingerprint density at radius 3 is 2.25 bits per heavy atom. The lowest BCUT2D eigenvalue weighted by Gasteiger charge is -2.22. The van der Waals surface area contributed by atoms with Crippen molar-refractivity contribution in [2.24, 2.45) is 28.1 Å². The number of hydrogen-bond acceptors (Lipinski definition) is 7. The summed E-state index contributed by atoms with van der Waals surface area (Å²) in [4.78, 5) is 52.9. The number of amides is 3. The number of carboxylic acids is 1. The predicted octanol–water partition coefficient (Wildman–Crippen LogP) is -1.47. The van der Waals surface area contributed by atoms with Crippen LogP contribution in [0, 0.1) is 5.92 Å². The molecule has 4 unspecified atom stereocenters. The fourth-order valence-electron chi connectivity index (χ4n) is 3.23. The van der Waals surface area contributed by atoms with Crippen molar-refractivity contribution in [3.8, 4) is 5.75 Å². The number of carbonyl (C=O) groups is 4. The molecule has 11 N–H and O–H groups in total. The zero-order chi connectivity index (χ0) is 27.3. The second-order valence-electron chi connectivity index (χ2n) is 8.47. The number of nitrogens with two attached hydrogens (primary N) is 3. The van der Waals surface area contributed by atoms with Gasteiger partial charge < -0.3 is 43.4 Å². The summed E-state index contributed by atoms with van der Waals surface area (Å²) in [6, 6.07) is 3.11. The van der Waals surface area contributed by atoms with E-state index in [1.54, 1.807) is 26.0 Å². The fraction of sp³-hybridized carbons (Fsp3) is 0.522. The van der Waals surface area contributed by atoms with E-state index in [2.05, 4.69) is 20.9 Å². The number of aliphatic imine (C=N–C) groups is 1. The Labute approximate surface area is 209 Å². The van der Waals surface area contributed by atoms with E-state index in [0.29, 0.717) is 12.8 Å². The second kappa shape index (κ2) is 15.2. The number of guanidine groups is 1. The summed E-state index contributed by atoms with van der Waals surface area (Å²) >= 11 is 0. The van der Waals surface area contributed by atoms with E-state index in [9.17, 15) is 29.4 Å². The second-order valence-corrected chi connectivity index (χ2v) is 8.47. The fourth-order valence-corrected chi connectivity index (χ4v) is 3.23. The molecule has 36 heavy (non-hydrogen) atoms. The first-order valence-corrected chi connectivity index (χ1v) is 11.6. The van der Waals surface area contributed by atoms with Crippen molar-refractivity contribution in [2.75, 3.05) is 13.1 Å². The van der Waals surface area contributed by atoms with Crippen LogP contribution in [0.15, 0.2) is 29.3 Å². The Morgan fingerprint density at radius 1 is 1.06 bits per heavy atom. The van der Waals surface area contributed by atoms with Crippen molar-refractivity contribution in [2.45, 2.75) is 57.7 Å². The highest BCUT2D eigenvalue weighted by atomic mass is 16.4. The van der Waals surface area contributed by atoms with Crippen LogP contribution in [-0.4, -0.2) is 71.1 Å². The highest BCUT2D eigenvalue weighted by molar-refractivity contribution is 5.92. The van der Waals surface area contributed by atoms with Gasteiger partial charge in [0.15, 0.2) is 5.96 Å². The summed E-state index contributed by atoms with van der Waals surface area (Å²) in [6.45, 7) is 3.24. The summed E-state index contributed by atoms with van der Waals surface area (Å²) in [5.41, 5.74) is 17.3. The molecule has 3 amide bonds. The molecular formula is C23H37N7O6. The molecule has 0 aliphatic rings. The van der Waals surface area contributed by atoms with Crippen LogP contribution in [0.4, 0.5) is 0 Å². The van der Waals surface area contributed by atoms with Crippen molar-refractivity contribution < 1.29 is 29.4 Å². The van der Waals surface area contributed by atoms with Crippen molar-refractivity contribution in [3.05, 3.63) is 29.8 Å². The molecule has 0 spiro atoms. The number of carbonyl (C=O) groups excluding carboxylic acids is 3. The minimum absolute atomic E-state index is 0.0807. The van der Waals surface area contributed by atoms with E-state index >= 15 is 0 Å². The molecule has 0 aromatic heterocycles. The van der Waals surface area contributed by atoms with Crippen LogP contribution in [0.1, 0.15) is 38.7 Å². The lowest BCUT2D eigenvalue weighted by Crippen LogP contribution is -2.54. The first-order valence-electron chi connectivity index (χ1n) is 11.6. The Balaban J connectivity index is 2.77. The standard InChI is InChI=1S/C23H37N7O6/c1-3-13(2)19(22(35)36)30-18(32)12-28-21(34)17(5-4-10-27-23(25)26)29-20(33)16(24)11-14-6-8-15(31)9-7-14/h6-9,13,16-17,19,31H,3-5,10-12,24H2,1-2H3,(H,28,34)(H,29,33)(H,30,32)(H,35,36)(H4,25,26,27). The van der Waals surface area contributed by atoms with Gasteiger partial charge in [-0.2, -0.15) is 0 Å². The van der Waals surface area contributed by atoms with Crippen LogP contribution in [0.25, 0.3) is 0 Å². The van der Waals surface area contributed by atoms with Crippen molar-refractivity contribution in [1.82, 2.24) is 16.0 Å². The molecule has 13 heteroatoms. The minimum atomic E-state index is -1.17. The molecule has 4 atom stereocenters. The van der Waals surface area contributed by atoms with Gasteiger partial charge in [0.05, 0.1) is 12.6 Å². The molecule has 1 aromatic rings. The van der Waals surface area contributed by atoms with Gasteiger partial charge in [-0.15, -0.1) is 0 Å². The number of nitrogens with zero attached hydrogens (tertiary/aromatic N) is 1. The quantitative estimate of drug-likeness (QED) is 0.0784. The average molecular weight is 508 g/mol. The molecular weight excluding hydrogens is 470 g/mol.